The third kappa shape index (κ3) is 2.30. The first kappa shape index (κ1) is 12.4. The van der Waals surface area contributed by atoms with Crippen LogP contribution < -0.4 is 10.5 Å². The van der Waals surface area contributed by atoms with Crippen LogP contribution in [0.4, 0.5) is 5.69 Å². The lowest BCUT2D eigenvalue weighted by Gasteiger charge is -2.15. The van der Waals surface area contributed by atoms with Crippen LogP contribution in [0.3, 0.4) is 0 Å². The molecule has 0 spiro atoms. The van der Waals surface area contributed by atoms with E-state index in [-0.39, 0.29) is 6.04 Å². The topological polar surface area (TPSA) is 72.2 Å². The molecule has 0 heterocycles. The Labute approximate surface area is 102 Å². The number of nitrogen functional groups attached to an aromatic ring is 1. The first-order valence-corrected chi connectivity index (χ1v) is 7.20. The summed E-state index contributed by atoms with van der Waals surface area (Å²) < 4.78 is 27.2. The van der Waals surface area contributed by atoms with Crippen molar-refractivity contribution in [2.24, 2.45) is 0 Å². The predicted molar refractivity (Wildman–Crippen MR) is 68.4 cm³/mol. The lowest BCUT2D eigenvalue weighted by Crippen LogP contribution is -2.27. The summed E-state index contributed by atoms with van der Waals surface area (Å²) >= 11 is 0. The van der Waals surface area contributed by atoms with Crippen molar-refractivity contribution in [2.75, 3.05) is 5.73 Å². The third-order valence-electron chi connectivity index (χ3n) is 3.25. The number of hydrogen-bond acceptors (Lipinski definition) is 3. The van der Waals surface area contributed by atoms with Crippen molar-refractivity contribution in [3.8, 4) is 0 Å². The molecule has 2 rings (SSSR count). The van der Waals surface area contributed by atoms with Crippen LogP contribution in [0.15, 0.2) is 11.0 Å². The van der Waals surface area contributed by atoms with Crippen molar-refractivity contribution in [3.05, 3.63) is 22.8 Å². The Balaban J connectivity index is 2.57. The maximum absolute atomic E-state index is 12.3. The number of aryl methyl sites for hydroxylation is 1. The van der Waals surface area contributed by atoms with E-state index in [0.717, 1.165) is 24.0 Å². The number of sulfonamides is 1. The molecule has 1 fully saturated rings. The van der Waals surface area contributed by atoms with Crippen molar-refractivity contribution in [1.29, 1.82) is 0 Å². The van der Waals surface area contributed by atoms with E-state index in [4.69, 9.17) is 5.73 Å². The molecule has 3 N–H and O–H groups in total. The largest absolute Gasteiger partial charge is 0.398 e. The highest BCUT2D eigenvalue weighted by molar-refractivity contribution is 7.89. The standard InChI is InChI=1S/C12H18N2O2S/c1-7-6-11(13)9(3)12(8(7)2)17(15,16)14-10-4-5-10/h6,10,14H,4-5,13H2,1-3H3. The van der Waals surface area contributed by atoms with Gasteiger partial charge in [-0.05, 0) is 56.4 Å². The molecule has 0 aromatic heterocycles. The zero-order chi connectivity index (χ0) is 12.8. The van der Waals surface area contributed by atoms with E-state index >= 15 is 0 Å². The van der Waals surface area contributed by atoms with Crippen LogP contribution in [0, 0.1) is 20.8 Å². The van der Waals surface area contributed by atoms with Crippen LogP contribution in [-0.2, 0) is 10.0 Å². The number of hydrogen-bond donors (Lipinski definition) is 2. The van der Waals surface area contributed by atoms with Crippen LogP contribution >= 0.6 is 0 Å². The van der Waals surface area contributed by atoms with E-state index in [0.29, 0.717) is 16.1 Å². The Morgan fingerprint density at radius 1 is 1.24 bits per heavy atom. The molecule has 1 aliphatic rings. The second-order valence-corrected chi connectivity index (χ2v) is 6.41. The first-order valence-electron chi connectivity index (χ1n) is 5.71. The zero-order valence-corrected chi connectivity index (χ0v) is 11.2. The molecule has 17 heavy (non-hydrogen) atoms. The van der Waals surface area contributed by atoms with Gasteiger partial charge in [0.1, 0.15) is 0 Å². The summed E-state index contributed by atoms with van der Waals surface area (Å²) in [7, 11) is -3.43. The minimum absolute atomic E-state index is 0.112. The van der Waals surface area contributed by atoms with Gasteiger partial charge in [-0.1, -0.05) is 0 Å². The Hall–Kier alpha value is -1.07. The van der Waals surface area contributed by atoms with Gasteiger partial charge >= 0.3 is 0 Å². The Bertz CT molecular complexity index is 534. The molecular weight excluding hydrogens is 236 g/mol. The molecule has 0 atom stereocenters. The lowest BCUT2D eigenvalue weighted by atomic mass is 10.1. The van der Waals surface area contributed by atoms with Gasteiger partial charge in [0.05, 0.1) is 4.90 Å². The Morgan fingerprint density at radius 3 is 2.35 bits per heavy atom. The minimum atomic E-state index is -3.43. The van der Waals surface area contributed by atoms with Crippen molar-refractivity contribution >= 4 is 15.7 Å². The lowest BCUT2D eigenvalue weighted by molar-refractivity contribution is 0.579. The molecule has 1 aromatic rings. The monoisotopic (exact) mass is 254 g/mol. The Morgan fingerprint density at radius 2 is 1.82 bits per heavy atom. The summed E-state index contributed by atoms with van der Waals surface area (Å²) in [5.74, 6) is 0. The summed E-state index contributed by atoms with van der Waals surface area (Å²) in [6.07, 6.45) is 1.86. The number of anilines is 1. The van der Waals surface area contributed by atoms with E-state index < -0.39 is 10.0 Å². The first-order chi connectivity index (χ1) is 7.83. The molecule has 1 aliphatic carbocycles. The van der Waals surface area contributed by atoms with E-state index in [1.54, 1.807) is 6.92 Å². The van der Waals surface area contributed by atoms with Crippen LogP contribution in [-0.4, -0.2) is 14.5 Å². The quantitative estimate of drug-likeness (QED) is 0.805. The van der Waals surface area contributed by atoms with Crippen molar-refractivity contribution in [1.82, 2.24) is 4.72 Å². The second-order valence-electron chi connectivity index (χ2n) is 4.76. The number of rotatable bonds is 3. The highest BCUT2D eigenvalue weighted by Gasteiger charge is 2.30. The Kier molecular flexibility index (Phi) is 2.91. The van der Waals surface area contributed by atoms with Gasteiger partial charge in [0.15, 0.2) is 0 Å². The molecule has 0 unspecified atom stereocenters. The summed E-state index contributed by atoms with van der Waals surface area (Å²) in [5.41, 5.74) is 8.70. The zero-order valence-electron chi connectivity index (χ0n) is 10.4. The van der Waals surface area contributed by atoms with E-state index in [1.165, 1.54) is 0 Å². The van der Waals surface area contributed by atoms with E-state index in [1.807, 2.05) is 19.9 Å². The fourth-order valence-corrected chi connectivity index (χ4v) is 3.80. The highest BCUT2D eigenvalue weighted by atomic mass is 32.2. The average Bonchev–Trinajstić information content (AvgIpc) is 2.98. The van der Waals surface area contributed by atoms with Gasteiger partial charge in [-0.3, -0.25) is 0 Å². The smallest absolute Gasteiger partial charge is 0.241 e. The van der Waals surface area contributed by atoms with Gasteiger partial charge in [0.25, 0.3) is 0 Å². The maximum Gasteiger partial charge on any atom is 0.241 e. The van der Waals surface area contributed by atoms with Crippen LogP contribution in [0.1, 0.15) is 29.5 Å². The van der Waals surface area contributed by atoms with E-state index in [9.17, 15) is 8.42 Å². The molecular formula is C12H18N2O2S. The van der Waals surface area contributed by atoms with Crippen molar-refractivity contribution in [2.45, 2.75) is 44.6 Å². The molecule has 1 saturated carbocycles. The van der Waals surface area contributed by atoms with Crippen molar-refractivity contribution < 1.29 is 8.42 Å². The summed E-state index contributed by atoms with van der Waals surface area (Å²) in [4.78, 5) is 0.349. The molecule has 0 aliphatic heterocycles. The minimum Gasteiger partial charge on any atom is -0.398 e. The van der Waals surface area contributed by atoms with Gasteiger partial charge in [0, 0.05) is 11.7 Å². The van der Waals surface area contributed by atoms with Crippen LogP contribution in [0.5, 0.6) is 0 Å². The third-order valence-corrected chi connectivity index (χ3v) is 5.04. The number of nitrogens with two attached hydrogens (primary N) is 1. The summed E-state index contributed by atoms with van der Waals surface area (Å²) in [5, 5.41) is 0. The van der Waals surface area contributed by atoms with Gasteiger partial charge in [0.2, 0.25) is 10.0 Å². The van der Waals surface area contributed by atoms with Gasteiger partial charge in [-0.15, -0.1) is 0 Å². The number of benzene rings is 1. The molecule has 5 heteroatoms. The maximum atomic E-state index is 12.3. The van der Waals surface area contributed by atoms with Crippen LogP contribution in [0.25, 0.3) is 0 Å². The normalized spacial score (nSPS) is 16.2. The summed E-state index contributed by atoms with van der Waals surface area (Å²) in [6.45, 7) is 5.45. The molecule has 1 aromatic carbocycles. The molecule has 0 bridgehead atoms. The molecule has 94 valence electrons. The molecule has 0 radical (unpaired) electrons. The molecule has 0 saturated heterocycles. The molecule has 4 nitrogen and oxygen atoms in total. The highest BCUT2D eigenvalue weighted by Crippen LogP contribution is 2.30. The predicted octanol–water partition coefficient (Wildman–Crippen LogP) is 1.63. The SMILES string of the molecule is Cc1cc(N)c(C)c(S(=O)(=O)NC2CC2)c1C. The second kappa shape index (κ2) is 3.99. The number of nitrogens with one attached hydrogen (secondary N) is 1. The van der Waals surface area contributed by atoms with Crippen molar-refractivity contribution in [3.63, 3.8) is 0 Å². The fourth-order valence-electron chi connectivity index (χ4n) is 1.92. The van der Waals surface area contributed by atoms with E-state index in [2.05, 4.69) is 4.72 Å². The average molecular weight is 254 g/mol. The van der Waals surface area contributed by atoms with Gasteiger partial charge in [-0.25, -0.2) is 13.1 Å². The van der Waals surface area contributed by atoms with Crippen LogP contribution in [0.2, 0.25) is 0 Å². The molecule has 0 amide bonds. The van der Waals surface area contributed by atoms with Gasteiger partial charge in [-0.2, -0.15) is 0 Å². The van der Waals surface area contributed by atoms with Gasteiger partial charge < -0.3 is 5.73 Å². The fraction of sp³-hybridized carbons (Fsp3) is 0.500. The summed E-state index contributed by atoms with van der Waals surface area (Å²) in [6, 6.07) is 1.93.